The van der Waals surface area contributed by atoms with Gasteiger partial charge in [0.25, 0.3) is 0 Å². The smallest absolute Gasteiger partial charge is 0.399 e. The number of fused-ring (bicyclic) bond motifs is 1. The average molecular weight is 308 g/mol. The van der Waals surface area contributed by atoms with Gasteiger partial charge in [-0.05, 0) is 46.1 Å². The summed E-state index contributed by atoms with van der Waals surface area (Å²) in [5.74, 6) is 5.83. The first-order valence-corrected chi connectivity index (χ1v) is 7.30. The lowest BCUT2D eigenvalue weighted by molar-refractivity contribution is 0.00578. The molecule has 0 saturated carbocycles. The molecule has 7 heteroatoms. The molecule has 1 aliphatic rings. The van der Waals surface area contributed by atoms with E-state index in [4.69, 9.17) is 26.8 Å². The summed E-state index contributed by atoms with van der Waals surface area (Å²) in [4.78, 5) is 1.31. The predicted molar refractivity (Wildman–Crippen MR) is 85.3 cm³/mol. The minimum atomic E-state index is -0.447. The number of halogens is 1. The molecule has 2 N–H and O–H groups in total. The van der Waals surface area contributed by atoms with E-state index in [0.29, 0.717) is 5.02 Å². The zero-order valence-corrected chi connectivity index (χ0v) is 13.7. The summed E-state index contributed by atoms with van der Waals surface area (Å²) in [5, 5.41) is 5.66. The topological polar surface area (TPSA) is 62.3 Å². The van der Waals surface area contributed by atoms with E-state index in [9.17, 15) is 0 Å². The highest BCUT2D eigenvalue weighted by molar-refractivity contribution is 6.63. The van der Waals surface area contributed by atoms with E-state index in [-0.39, 0.29) is 11.2 Å². The highest BCUT2D eigenvalue weighted by Crippen LogP contribution is 2.37. The van der Waals surface area contributed by atoms with Crippen molar-refractivity contribution in [3.63, 3.8) is 0 Å². The normalized spacial score (nSPS) is 20.4. The maximum atomic E-state index is 6.35. The summed E-state index contributed by atoms with van der Waals surface area (Å²) in [6.07, 6.45) is 0. The molecule has 1 aliphatic heterocycles. The largest absolute Gasteiger partial charge is 0.494 e. The van der Waals surface area contributed by atoms with Gasteiger partial charge in [-0.3, -0.25) is 0 Å². The van der Waals surface area contributed by atoms with Crippen molar-refractivity contribution >= 4 is 35.1 Å². The second-order valence-electron chi connectivity index (χ2n) is 6.52. The molecule has 2 heterocycles. The van der Waals surface area contributed by atoms with Crippen LogP contribution in [0.5, 0.6) is 0 Å². The van der Waals surface area contributed by atoms with Gasteiger partial charge < -0.3 is 15.2 Å². The molecule has 0 unspecified atom stereocenters. The quantitative estimate of drug-likeness (QED) is 0.647. The van der Waals surface area contributed by atoms with Gasteiger partial charge >= 0.3 is 7.12 Å². The Morgan fingerprint density at radius 2 is 1.76 bits per heavy atom. The number of nitrogens with two attached hydrogens (primary N) is 1. The Hall–Kier alpha value is -1.24. The van der Waals surface area contributed by atoms with Gasteiger partial charge in [0.1, 0.15) is 5.52 Å². The molecule has 1 saturated heterocycles. The average Bonchev–Trinajstić information content (AvgIpc) is 2.74. The number of hydrogen-bond donors (Lipinski definition) is 1. The molecule has 21 heavy (non-hydrogen) atoms. The van der Waals surface area contributed by atoms with Gasteiger partial charge in [0, 0.05) is 5.39 Å². The number of nitrogen functional groups attached to an aromatic ring is 1. The van der Waals surface area contributed by atoms with Gasteiger partial charge in [-0.1, -0.05) is 17.7 Å². The Labute approximate surface area is 129 Å². The summed E-state index contributed by atoms with van der Waals surface area (Å²) < 4.78 is 12.1. The molecule has 0 radical (unpaired) electrons. The first kappa shape index (κ1) is 14.7. The van der Waals surface area contributed by atoms with Crippen LogP contribution in [0.4, 0.5) is 0 Å². The van der Waals surface area contributed by atoms with Crippen LogP contribution in [-0.2, 0) is 9.31 Å². The molecule has 2 aromatic rings. The molecule has 0 aliphatic carbocycles. The van der Waals surface area contributed by atoms with Crippen LogP contribution in [-0.4, -0.2) is 28.2 Å². The Morgan fingerprint density at radius 1 is 1.19 bits per heavy atom. The van der Waals surface area contributed by atoms with E-state index >= 15 is 0 Å². The molecule has 0 amide bonds. The highest BCUT2D eigenvalue weighted by atomic mass is 35.5. The van der Waals surface area contributed by atoms with Crippen molar-refractivity contribution in [3.05, 3.63) is 22.8 Å². The summed E-state index contributed by atoms with van der Waals surface area (Å²) >= 11 is 6.35. The third-order valence-electron chi connectivity index (χ3n) is 4.49. The zero-order valence-electron chi connectivity index (χ0n) is 12.9. The third-order valence-corrected chi connectivity index (χ3v) is 4.78. The number of hydrogen-bond acceptors (Lipinski definition) is 4. The van der Waals surface area contributed by atoms with Crippen molar-refractivity contribution in [2.24, 2.45) is 0 Å². The Bertz CT molecular complexity index is 711. The fraction of sp³-hybridized carbons (Fsp3) is 0.500. The standard InChI is InChI=1S/C14H19BClN3O2/c1-8-10-6-9(7-11(16)12(10)19(17)18-8)15-20-13(2,3)14(4,5)21-15/h6-7H,17H2,1-5H3. The van der Waals surface area contributed by atoms with Crippen LogP contribution in [0.3, 0.4) is 0 Å². The van der Waals surface area contributed by atoms with Gasteiger partial charge in [0.05, 0.1) is 21.9 Å². The van der Waals surface area contributed by atoms with Crippen LogP contribution >= 0.6 is 11.6 Å². The lowest BCUT2D eigenvalue weighted by Gasteiger charge is -2.32. The lowest BCUT2D eigenvalue weighted by Crippen LogP contribution is -2.41. The fourth-order valence-corrected chi connectivity index (χ4v) is 2.82. The monoisotopic (exact) mass is 307 g/mol. The molecule has 0 atom stereocenters. The molecule has 0 bridgehead atoms. The predicted octanol–water partition coefficient (Wildman–Crippen LogP) is 2.01. The molecule has 1 aromatic heterocycles. The fourth-order valence-electron chi connectivity index (χ4n) is 2.51. The van der Waals surface area contributed by atoms with Crippen LogP contribution in [0.2, 0.25) is 5.02 Å². The van der Waals surface area contributed by atoms with Crippen LogP contribution in [0, 0.1) is 6.92 Å². The van der Waals surface area contributed by atoms with Gasteiger partial charge in [-0.2, -0.15) is 9.89 Å². The first-order chi connectivity index (χ1) is 9.62. The Balaban J connectivity index is 2.09. The van der Waals surface area contributed by atoms with Crippen molar-refractivity contribution in [2.45, 2.75) is 45.8 Å². The van der Waals surface area contributed by atoms with Crippen LogP contribution in [0.15, 0.2) is 12.1 Å². The van der Waals surface area contributed by atoms with E-state index in [0.717, 1.165) is 22.1 Å². The van der Waals surface area contributed by atoms with Gasteiger partial charge in [0.2, 0.25) is 0 Å². The number of nitrogens with zero attached hydrogens (tertiary/aromatic N) is 2. The molecule has 0 spiro atoms. The van der Waals surface area contributed by atoms with E-state index in [1.165, 1.54) is 4.79 Å². The molecule has 1 fully saturated rings. The lowest BCUT2D eigenvalue weighted by atomic mass is 9.78. The zero-order chi connectivity index (χ0) is 15.6. The number of aromatic nitrogens is 2. The minimum absolute atomic E-state index is 0.383. The Morgan fingerprint density at radius 3 is 2.33 bits per heavy atom. The van der Waals surface area contributed by atoms with Crippen molar-refractivity contribution in [3.8, 4) is 0 Å². The molecular formula is C14H19BClN3O2. The summed E-state index contributed by atoms with van der Waals surface area (Å²) in [6.45, 7) is 10.00. The van der Waals surface area contributed by atoms with Crippen LogP contribution < -0.4 is 11.3 Å². The highest BCUT2D eigenvalue weighted by Gasteiger charge is 2.51. The summed E-state index contributed by atoms with van der Waals surface area (Å²) in [7, 11) is -0.447. The minimum Gasteiger partial charge on any atom is -0.399 e. The first-order valence-electron chi connectivity index (χ1n) is 6.92. The SMILES string of the molecule is Cc1nn(N)c2c(Cl)cc(B3OC(C)(C)C(C)(C)O3)cc12. The molecule has 5 nitrogen and oxygen atoms in total. The van der Waals surface area contributed by atoms with E-state index in [1.807, 2.05) is 46.8 Å². The van der Waals surface area contributed by atoms with Crippen molar-refractivity contribution < 1.29 is 9.31 Å². The van der Waals surface area contributed by atoms with Crippen molar-refractivity contribution in [1.82, 2.24) is 9.89 Å². The number of benzene rings is 1. The van der Waals surface area contributed by atoms with Crippen LogP contribution in [0.25, 0.3) is 10.9 Å². The third kappa shape index (κ3) is 2.13. The molecule has 3 rings (SSSR count). The van der Waals surface area contributed by atoms with Gasteiger partial charge in [-0.15, -0.1) is 0 Å². The van der Waals surface area contributed by atoms with E-state index in [2.05, 4.69) is 5.10 Å². The van der Waals surface area contributed by atoms with Crippen molar-refractivity contribution in [2.75, 3.05) is 5.84 Å². The maximum Gasteiger partial charge on any atom is 0.494 e. The van der Waals surface area contributed by atoms with E-state index < -0.39 is 7.12 Å². The van der Waals surface area contributed by atoms with E-state index in [1.54, 1.807) is 0 Å². The molecule has 1 aromatic carbocycles. The second kappa shape index (κ2) is 4.38. The Kier molecular flexibility index (Phi) is 3.07. The number of aryl methyl sites for hydroxylation is 1. The van der Waals surface area contributed by atoms with Gasteiger partial charge in [0.15, 0.2) is 0 Å². The van der Waals surface area contributed by atoms with Gasteiger partial charge in [-0.25, -0.2) is 0 Å². The number of rotatable bonds is 1. The summed E-state index contributed by atoms with van der Waals surface area (Å²) in [6, 6.07) is 3.81. The van der Waals surface area contributed by atoms with Crippen molar-refractivity contribution in [1.29, 1.82) is 0 Å². The molecular weight excluding hydrogens is 288 g/mol. The molecule has 112 valence electrons. The maximum absolute atomic E-state index is 6.35. The van der Waals surface area contributed by atoms with Crippen LogP contribution in [0.1, 0.15) is 33.4 Å². The summed E-state index contributed by atoms with van der Waals surface area (Å²) in [5.41, 5.74) is 1.66. The second-order valence-corrected chi connectivity index (χ2v) is 6.92.